The van der Waals surface area contributed by atoms with Crippen molar-refractivity contribution in [3.8, 4) is 11.5 Å². The van der Waals surface area contributed by atoms with Crippen molar-refractivity contribution >= 4 is 10.0 Å². The van der Waals surface area contributed by atoms with Crippen LogP contribution in [0.4, 0.5) is 0 Å². The molecule has 1 aliphatic carbocycles. The van der Waals surface area contributed by atoms with Crippen LogP contribution in [0.2, 0.25) is 0 Å². The lowest BCUT2D eigenvalue weighted by atomic mass is 9.83. The molecule has 0 aromatic heterocycles. The average Bonchev–Trinajstić information content (AvgIpc) is 2.68. The molecule has 0 unspecified atom stereocenters. The molecule has 1 aromatic rings. The van der Waals surface area contributed by atoms with Crippen molar-refractivity contribution in [3.05, 3.63) is 42.5 Å². The van der Waals surface area contributed by atoms with Gasteiger partial charge in [-0.05, 0) is 43.2 Å². The number of benzene rings is 1. The Labute approximate surface area is 150 Å². The summed E-state index contributed by atoms with van der Waals surface area (Å²) in [7, 11) is -0.596. The van der Waals surface area contributed by atoms with Crippen molar-refractivity contribution in [3.63, 3.8) is 0 Å². The lowest BCUT2D eigenvalue weighted by Gasteiger charge is -2.34. The monoisotopic (exact) mass is 363 g/mol. The molecule has 0 N–H and O–H groups in total. The number of hydrogen-bond donors (Lipinski definition) is 0. The molecule has 1 fully saturated rings. The first-order valence-corrected chi connectivity index (χ1v) is 10.1. The molecule has 0 radical (unpaired) electrons. The third kappa shape index (κ3) is 3.75. The molecule has 6 heteroatoms. The Hall–Kier alpha value is -1.79. The van der Waals surface area contributed by atoms with E-state index in [1.54, 1.807) is 16.4 Å². The zero-order valence-corrected chi connectivity index (χ0v) is 15.5. The summed E-state index contributed by atoms with van der Waals surface area (Å²) < 4.78 is 38.2. The highest BCUT2D eigenvalue weighted by Gasteiger charge is 2.33. The number of rotatable bonds is 5. The minimum absolute atomic E-state index is 0.172. The van der Waals surface area contributed by atoms with Gasteiger partial charge in [0.2, 0.25) is 10.0 Å². The van der Waals surface area contributed by atoms with E-state index in [2.05, 4.69) is 24.3 Å². The van der Waals surface area contributed by atoms with Gasteiger partial charge >= 0.3 is 0 Å². The van der Waals surface area contributed by atoms with Crippen LogP contribution in [0.5, 0.6) is 11.5 Å². The van der Waals surface area contributed by atoms with Gasteiger partial charge in [0.1, 0.15) is 16.4 Å². The minimum Gasteiger partial charge on any atom is -0.497 e. The highest BCUT2D eigenvalue weighted by molar-refractivity contribution is 7.89. The van der Waals surface area contributed by atoms with Gasteiger partial charge in [0, 0.05) is 19.2 Å². The van der Waals surface area contributed by atoms with Gasteiger partial charge in [0.15, 0.2) is 0 Å². The third-order valence-corrected chi connectivity index (χ3v) is 6.94. The van der Waals surface area contributed by atoms with Gasteiger partial charge in [-0.1, -0.05) is 24.3 Å². The van der Waals surface area contributed by atoms with E-state index in [9.17, 15) is 8.42 Å². The van der Waals surface area contributed by atoms with E-state index in [0.29, 0.717) is 36.4 Å². The molecule has 0 bridgehead atoms. The molecule has 1 heterocycles. The van der Waals surface area contributed by atoms with E-state index in [1.807, 2.05) is 0 Å². The molecule has 0 saturated carbocycles. The third-order valence-electron chi connectivity index (χ3n) is 5.02. The van der Waals surface area contributed by atoms with Crippen LogP contribution in [-0.4, -0.2) is 40.0 Å². The van der Waals surface area contributed by atoms with Crippen LogP contribution in [0.25, 0.3) is 0 Å². The Morgan fingerprint density at radius 2 is 1.72 bits per heavy atom. The van der Waals surface area contributed by atoms with Crippen LogP contribution >= 0.6 is 0 Å². The Kier molecular flexibility index (Phi) is 5.49. The van der Waals surface area contributed by atoms with Crippen LogP contribution in [-0.2, 0) is 10.0 Å². The molecule has 0 spiro atoms. The number of allylic oxidation sites excluding steroid dienone is 4. The molecular weight excluding hydrogens is 338 g/mol. The predicted molar refractivity (Wildman–Crippen MR) is 97.4 cm³/mol. The summed E-state index contributed by atoms with van der Waals surface area (Å²) in [5.74, 6) is 1.80. The highest BCUT2D eigenvalue weighted by atomic mass is 32.2. The standard InChI is InChI=1S/C19H25NO4S/c1-23-17-8-9-18(24-2)19(14-17)25(21,22)20-12-10-16(11-13-20)15-6-4-3-5-7-15/h4-9,14-16H,3,10-13H2,1-2H3. The summed E-state index contributed by atoms with van der Waals surface area (Å²) in [4.78, 5) is 0.172. The molecular formula is C19H25NO4S. The molecule has 0 atom stereocenters. The van der Waals surface area contributed by atoms with Gasteiger partial charge in [-0.3, -0.25) is 0 Å². The SMILES string of the molecule is COc1ccc(OC)c(S(=O)(=O)N2CCC(C3C=CCC=C3)CC2)c1. The summed E-state index contributed by atoms with van der Waals surface area (Å²) in [6, 6.07) is 4.87. The predicted octanol–water partition coefficient (Wildman–Crippen LogP) is 3.24. The minimum atomic E-state index is -3.60. The first-order valence-electron chi connectivity index (χ1n) is 8.61. The van der Waals surface area contributed by atoms with Crippen LogP contribution in [0, 0.1) is 11.8 Å². The smallest absolute Gasteiger partial charge is 0.246 e. The molecule has 1 aliphatic heterocycles. The number of piperidine rings is 1. The summed E-state index contributed by atoms with van der Waals surface area (Å²) in [5, 5.41) is 0. The summed E-state index contributed by atoms with van der Waals surface area (Å²) in [5.41, 5.74) is 0. The molecule has 2 aliphatic rings. The summed E-state index contributed by atoms with van der Waals surface area (Å²) in [6.45, 7) is 1.07. The number of methoxy groups -OCH3 is 2. The van der Waals surface area contributed by atoms with E-state index in [0.717, 1.165) is 19.3 Å². The molecule has 136 valence electrons. The molecule has 0 amide bonds. The second-order valence-electron chi connectivity index (χ2n) is 6.43. The average molecular weight is 363 g/mol. The van der Waals surface area contributed by atoms with Gasteiger partial charge in [-0.15, -0.1) is 0 Å². The summed E-state index contributed by atoms with van der Waals surface area (Å²) >= 11 is 0. The Balaban J connectivity index is 1.77. The van der Waals surface area contributed by atoms with E-state index in [4.69, 9.17) is 9.47 Å². The molecule has 3 rings (SSSR count). The summed E-state index contributed by atoms with van der Waals surface area (Å²) in [6.07, 6.45) is 11.6. The zero-order chi connectivity index (χ0) is 17.9. The second kappa shape index (κ2) is 7.62. The zero-order valence-electron chi connectivity index (χ0n) is 14.7. The molecule has 25 heavy (non-hydrogen) atoms. The van der Waals surface area contributed by atoms with E-state index in [-0.39, 0.29) is 4.90 Å². The number of hydrogen-bond acceptors (Lipinski definition) is 4. The topological polar surface area (TPSA) is 55.8 Å². The maximum absolute atomic E-state index is 13.1. The van der Waals surface area contributed by atoms with Gasteiger partial charge in [-0.25, -0.2) is 8.42 Å². The lowest BCUT2D eigenvalue weighted by molar-refractivity contribution is 0.249. The van der Waals surface area contributed by atoms with Crippen LogP contribution in [0.1, 0.15) is 19.3 Å². The first kappa shape index (κ1) is 18.0. The number of ether oxygens (including phenoxy) is 2. The fourth-order valence-corrected chi connectivity index (χ4v) is 5.19. The number of nitrogens with zero attached hydrogens (tertiary/aromatic N) is 1. The van der Waals surface area contributed by atoms with Gasteiger partial charge in [0.25, 0.3) is 0 Å². The van der Waals surface area contributed by atoms with Gasteiger partial charge < -0.3 is 9.47 Å². The fourth-order valence-electron chi connectivity index (χ4n) is 3.55. The van der Waals surface area contributed by atoms with Crippen LogP contribution < -0.4 is 9.47 Å². The Morgan fingerprint density at radius 1 is 1.04 bits per heavy atom. The first-order chi connectivity index (χ1) is 12.1. The highest BCUT2D eigenvalue weighted by Crippen LogP contribution is 2.34. The fraction of sp³-hybridized carbons (Fsp3) is 0.474. The van der Waals surface area contributed by atoms with Crippen molar-refractivity contribution in [1.82, 2.24) is 4.31 Å². The van der Waals surface area contributed by atoms with Crippen molar-refractivity contribution < 1.29 is 17.9 Å². The normalized spacial score (nSPS) is 19.9. The maximum Gasteiger partial charge on any atom is 0.246 e. The van der Waals surface area contributed by atoms with Gasteiger partial charge in [-0.2, -0.15) is 4.31 Å². The molecule has 1 saturated heterocycles. The largest absolute Gasteiger partial charge is 0.497 e. The van der Waals surface area contributed by atoms with E-state index in [1.165, 1.54) is 20.3 Å². The molecule has 1 aromatic carbocycles. The van der Waals surface area contributed by atoms with Crippen molar-refractivity contribution in [2.45, 2.75) is 24.2 Å². The Morgan fingerprint density at radius 3 is 2.32 bits per heavy atom. The van der Waals surface area contributed by atoms with Gasteiger partial charge in [0.05, 0.1) is 14.2 Å². The number of sulfonamides is 1. The molecule has 5 nitrogen and oxygen atoms in total. The van der Waals surface area contributed by atoms with Crippen molar-refractivity contribution in [2.75, 3.05) is 27.3 Å². The maximum atomic E-state index is 13.1. The van der Waals surface area contributed by atoms with Crippen molar-refractivity contribution in [1.29, 1.82) is 0 Å². The Bertz CT molecular complexity index is 750. The van der Waals surface area contributed by atoms with Crippen molar-refractivity contribution in [2.24, 2.45) is 11.8 Å². The second-order valence-corrected chi connectivity index (χ2v) is 8.33. The van der Waals surface area contributed by atoms with Crippen LogP contribution in [0.15, 0.2) is 47.4 Å². The lowest BCUT2D eigenvalue weighted by Crippen LogP contribution is -2.39. The van der Waals surface area contributed by atoms with E-state index >= 15 is 0 Å². The quantitative estimate of drug-likeness (QED) is 0.754. The van der Waals surface area contributed by atoms with Crippen LogP contribution in [0.3, 0.4) is 0 Å². The van der Waals surface area contributed by atoms with E-state index < -0.39 is 10.0 Å².